The van der Waals surface area contributed by atoms with E-state index in [1.54, 1.807) is 0 Å². The average Bonchev–Trinajstić information content (AvgIpc) is 2.26. The standard InChI is InChI=1S/C12H17FN2O3S/c1-8-5-10(13)6-9(2)12(8)19(17,18)15(4)7-11(16)14-3/h5-6H,7H2,1-4H3,(H,14,16). The second kappa shape index (κ2) is 5.66. The summed E-state index contributed by atoms with van der Waals surface area (Å²) in [5.41, 5.74) is 0.641. The predicted molar refractivity (Wildman–Crippen MR) is 69.8 cm³/mol. The first-order valence-corrected chi connectivity index (χ1v) is 7.07. The summed E-state index contributed by atoms with van der Waals surface area (Å²) < 4.78 is 38.9. The lowest BCUT2D eigenvalue weighted by atomic mass is 10.1. The largest absolute Gasteiger partial charge is 0.358 e. The molecule has 0 aliphatic rings. The van der Waals surface area contributed by atoms with Gasteiger partial charge in [0.15, 0.2) is 0 Å². The molecule has 0 bridgehead atoms. The summed E-state index contributed by atoms with van der Waals surface area (Å²) in [4.78, 5) is 11.3. The predicted octanol–water partition coefficient (Wildman–Crippen LogP) is 0.809. The Hall–Kier alpha value is -1.47. The number of amides is 1. The molecule has 1 aromatic carbocycles. The minimum Gasteiger partial charge on any atom is -0.358 e. The van der Waals surface area contributed by atoms with E-state index in [1.807, 2.05) is 0 Å². The minimum atomic E-state index is -3.82. The Morgan fingerprint density at radius 2 is 1.79 bits per heavy atom. The summed E-state index contributed by atoms with van der Waals surface area (Å²) in [5.74, 6) is -0.897. The molecule has 106 valence electrons. The maximum Gasteiger partial charge on any atom is 0.243 e. The van der Waals surface area contributed by atoms with Gasteiger partial charge in [0.05, 0.1) is 11.4 Å². The molecular formula is C12H17FN2O3S. The van der Waals surface area contributed by atoms with Gasteiger partial charge >= 0.3 is 0 Å². The number of sulfonamides is 1. The monoisotopic (exact) mass is 288 g/mol. The van der Waals surface area contributed by atoms with Crippen LogP contribution in [0.4, 0.5) is 4.39 Å². The number of carbonyl (C=O) groups is 1. The van der Waals surface area contributed by atoms with Crippen LogP contribution in [-0.2, 0) is 14.8 Å². The highest BCUT2D eigenvalue weighted by Gasteiger charge is 2.26. The molecule has 0 spiro atoms. The van der Waals surface area contributed by atoms with Gasteiger partial charge in [-0.3, -0.25) is 4.79 Å². The van der Waals surface area contributed by atoms with E-state index in [9.17, 15) is 17.6 Å². The molecule has 5 nitrogen and oxygen atoms in total. The van der Waals surface area contributed by atoms with Crippen LogP contribution in [0.1, 0.15) is 11.1 Å². The molecule has 0 unspecified atom stereocenters. The summed E-state index contributed by atoms with van der Waals surface area (Å²) in [6.07, 6.45) is 0. The van der Waals surface area contributed by atoms with Crippen LogP contribution >= 0.6 is 0 Å². The molecule has 7 heteroatoms. The van der Waals surface area contributed by atoms with E-state index >= 15 is 0 Å². The first-order valence-electron chi connectivity index (χ1n) is 5.63. The maximum absolute atomic E-state index is 13.2. The first kappa shape index (κ1) is 15.6. The number of aryl methyl sites for hydroxylation is 2. The third-order valence-corrected chi connectivity index (χ3v) is 4.85. The lowest BCUT2D eigenvalue weighted by Crippen LogP contribution is -2.37. The number of rotatable bonds is 4. The lowest BCUT2D eigenvalue weighted by Gasteiger charge is -2.19. The van der Waals surface area contributed by atoms with Crippen LogP contribution in [0.25, 0.3) is 0 Å². The van der Waals surface area contributed by atoms with Crippen molar-refractivity contribution in [2.45, 2.75) is 18.7 Å². The fraction of sp³-hybridized carbons (Fsp3) is 0.417. The van der Waals surface area contributed by atoms with Crippen LogP contribution < -0.4 is 5.32 Å². The second-order valence-corrected chi connectivity index (χ2v) is 6.28. The van der Waals surface area contributed by atoms with Gasteiger partial charge in [-0.25, -0.2) is 12.8 Å². The Bertz CT molecular complexity index is 576. The van der Waals surface area contributed by atoms with E-state index in [2.05, 4.69) is 5.32 Å². The van der Waals surface area contributed by atoms with Gasteiger partial charge in [0.2, 0.25) is 15.9 Å². The molecule has 0 radical (unpaired) electrons. The fourth-order valence-electron chi connectivity index (χ4n) is 1.83. The minimum absolute atomic E-state index is 0.0419. The van der Waals surface area contributed by atoms with Crippen molar-refractivity contribution in [1.29, 1.82) is 0 Å². The number of hydrogen-bond donors (Lipinski definition) is 1. The number of nitrogens with one attached hydrogen (secondary N) is 1. The summed E-state index contributed by atoms with van der Waals surface area (Å²) in [5, 5.41) is 2.35. The highest BCUT2D eigenvalue weighted by Crippen LogP contribution is 2.24. The molecule has 0 aliphatic heterocycles. The molecule has 1 rings (SSSR count). The highest BCUT2D eigenvalue weighted by molar-refractivity contribution is 7.89. The van der Waals surface area contributed by atoms with E-state index in [-0.39, 0.29) is 11.4 Å². The number of benzene rings is 1. The Balaban J connectivity index is 3.24. The van der Waals surface area contributed by atoms with Crippen molar-refractivity contribution in [3.05, 3.63) is 29.1 Å². The normalized spacial score (nSPS) is 11.7. The van der Waals surface area contributed by atoms with Crippen molar-refractivity contribution >= 4 is 15.9 Å². The van der Waals surface area contributed by atoms with Gasteiger partial charge in [-0.15, -0.1) is 0 Å². The van der Waals surface area contributed by atoms with E-state index in [1.165, 1.54) is 27.9 Å². The summed E-state index contributed by atoms with van der Waals surface area (Å²) >= 11 is 0. The molecule has 0 saturated carbocycles. The lowest BCUT2D eigenvalue weighted by molar-refractivity contribution is -0.120. The number of halogens is 1. The van der Waals surface area contributed by atoms with Gasteiger partial charge in [0, 0.05) is 14.1 Å². The van der Waals surface area contributed by atoms with Crippen molar-refractivity contribution in [3.63, 3.8) is 0 Å². The molecule has 19 heavy (non-hydrogen) atoms. The van der Waals surface area contributed by atoms with Crippen LogP contribution in [0.5, 0.6) is 0 Å². The maximum atomic E-state index is 13.2. The second-order valence-electron chi connectivity index (χ2n) is 4.30. The van der Waals surface area contributed by atoms with Gasteiger partial charge in [0.25, 0.3) is 0 Å². The van der Waals surface area contributed by atoms with Crippen molar-refractivity contribution < 1.29 is 17.6 Å². The number of nitrogens with zero attached hydrogens (tertiary/aromatic N) is 1. The molecule has 0 aliphatic carbocycles. The molecule has 1 amide bonds. The Kier molecular flexibility index (Phi) is 4.65. The van der Waals surface area contributed by atoms with Gasteiger partial charge in [-0.1, -0.05) is 0 Å². The Morgan fingerprint density at radius 3 is 2.21 bits per heavy atom. The van der Waals surface area contributed by atoms with Crippen LogP contribution in [0.3, 0.4) is 0 Å². The molecule has 0 heterocycles. The molecule has 0 fully saturated rings. The van der Waals surface area contributed by atoms with Crippen LogP contribution in [0, 0.1) is 19.7 Å². The smallest absolute Gasteiger partial charge is 0.243 e. The third-order valence-electron chi connectivity index (χ3n) is 2.74. The molecule has 0 atom stereocenters. The molecule has 0 aromatic heterocycles. The summed E-state index contributed by atoms with van der Waals surface area (Å²) in [6.45, 7) is 2.77. The van der Waals surface area contributed by atoms with Gasteiger partial charge in [0.1, 0.15) is 5.82 Å². The van der Waals surface area contributed by atoms with E-state index < -0.39 is 21.7 Å². The molecular weight excluding hydrogens is 271 g/mol. The SMILES string of the molecule is CNC(=O)CN(C)S(=O)(=O)c1c(C)cc(F)cc1C. The van der Waals surface area contributed by atoms with Gasteiger partial charge in [-0.2, -0.15) is 4.31 Å². The van der Waals surface area contributed by atoms with Crippen molar-refractivity contribution in [1.82, 2.24) is 9.62 Å². The summed E-state index contributed by atoms with van der Waals surface area (Å²) in [6, 6.07) is 2.32. The highest BCUT2D eigenvalue weighted by atomic mass is 32.2. The summed E-state index contributed by atoms with van der Waals surface area (Å²) in [7, 11) is -1.08. The zero-order valence-corrected chi connectivity index (χ0v) is 12.1. The first-order chi connectivity index (χ1) is 8.70. The van der Waals surface area contributed by atoms with Gasteiger partial charge < -0.3 is 5.32 Å². The van der Waals surface area contributed by atoms with E-state index in [4.69, 9.17) is 0 Å². The van der Waals surface area contributed by atoms with E-state index in [0.29, 0.717) is 11.1 Å². The van der Waals surface area contributed by atoms with Crippen molar-refractivity contribution in [2.24, 2.45) is 0 Å². The number of hydrogen-bond acceptors (Lipinski definition) is 3. The molecule has 1 aromatic rings. The van der Waals surface area contributed by atoms with Crippen LogP contribution in [0.15, 0.2) is 17.0 Å². The number of carbonyl (C=O) groups excluding carboxylic acids is 1. The molecule has 0 saturated heterocycles. The number of likely N-dealkylation sites (N-methyl/N-ethyl adjacent to an activating group) is 2. The van der Waals surface area contributed by atoms with Crippen LogP contribution in [-0.4, -0.2) is 39.3 Å². The van der Waals surface area contributed by atoms with Crippen molar-refractivity contribution in [3.8, 4) is 0 Å². The average molecular weight is 288 g/mol. The van der Waals surface area contributed by atoms with Crippen molar-refractivity contribution in [2.75, 3.05) is 20.6 Å². The Labute approximate surface area is 112 Å². The quantitative estimate of drug-likeness (QED) is 0.891. The topological polar surface area (TPSA) is 66.5 Å². The fourth-order valence-corrected chi connectivity index (χ4v) is 3.36. The molecule has 1 N–H and O–H groups in total. The van der Waals surface area contributed by atoms with Gasteiger partial charge in [-0.05, 0) is 37.1 Å². The third kappa shape index (κ3) is 3.30. The van der Waals surface area contributed by atoms with Crippen LogP contribution in [0.2, 0.25) is 0 Å². The Morgan fingerprint density at radius 1 is 1.32 bits per heavy atom. The zero-order chi connectivity index (χ0) is 14.8. The zero-order valence-electron chi connectivity index (χ0n) is 11.3. The van der Waals surface area contributed by atoms with E-state index in [0.717, 1.165) is 16.4 Å².